The molecule has 0 saturated heterocycles. The molecule has 3 rings (SSSR count). The van der Waals surface area contributed by atoms with Gasteiger partial charge in [0.25, 0.3) is 0 Å². The third-order valence-electron chi connectivity index (χ3n) is 4.75. The topological polar surface area (TPSA) is 75.3 Å². The van der Waals surface area contributed by atoms with E-state index in [1.165, 1.54) is 24.3 Å². The highest BCUT2D eigenvalue weighted by Gasteiger charge is 2.27. The molecule has 1 amide bonds. The zero-order valence-electron chi connectivity index (χ0n) is 16.8. The van der Waals surface area contributed by atoms with E-state index in [4.69, 9.17) is 0 Å². The van der Waals surface area contributed by atoms with Crippen LogP contribution in [0.25, 0.3) is 0 Å². The maximum Gasteiger partial charge on any atom is 0.241 e. The SMILES string of the molecule is C[C@@H](NC(=O)[C@@H](Cc1ccccc1)NS(=O)(=O)c1ccc(Br)cc1)c1ccc(F)cc1. The molecule has 0 aliphatic rings. The molecule has 8 heteroatoms. The lowest BCUT2D eigenvalue weighted by Gasteiger charge is -2.22. The van der Waals surface area contributed by atoms with Gasteiger partial charge in [0.15, 0.2) is 0 Å². The van der Waals surface area contributed by atoms with Crippen molar-refractivity contribution in [3.63, 3.8) is 0 Å². The first-order valence-electron chi connectivity index (χ1n) is 9.62. The van der Waals surface area contributed by atoms with E-state index in [0.717, 1.165) is 10.0 Å². The van der Waals surface area contributed by atoms with Crippen LogP contribution >= 0.6 is 15.9 Å². The molecule has 0 radical (unpaired) electrons. The molecule has 2 atom stereocenters. The van der Waals surface area contributed by atoms with Gasteiger partial charge < -0.3 is 5.32 Å². The summed E-state index contributed by atoms with van der Waals surface area (Å²) in [5, 5.41) is 2.82. The van der Waals surface area contributed by atoms with Crippen LogP contribution in [0, 0.1) is 5.82 Å². The quantitative estimate of drug-likeness (QED) is 0.478. The van der Waals surface area contributed by atoms with Gasteiger partial charge in [0.2, 0.25) is 15.9 Å². The van der Waals surface area contributed by atoms with Gasteiger partial charge in [0.05, 0.1) is 10.9 Å². The lowest BCUT2D eigenvalue weighted by molar-refractivity contribution is -0.123. The first kappa shape index (κ1) is 23.1. The van der Waals surface area contributed by atoms with Gasteiger partial charge in [0.1, 0.15) is 11.9 Å². The molecule has 0 saturated carbocycles. The molecule has 0 aliphatic heterocycles. The van der Waals surface area contributed by atoms with Gasteiger partial charge in [-0.25, -0.2) is 12.8 Å². The zero-order valence-corrected chi connectivity index (χ0v) is 19.2. The van der Waals surface area contributed by atoms with Gasteiger partial charge >= 0.3 is 0 Å². The number of nitrogens with one attached hydrogen (secondary N) is 2. The minimum absolute atomic E-state index is 0.0631. The van der Waals surface area contributed by atoms with E-state index in [1.807, 2.05) is 30.3 Å². The summed E-state index contributed by atoms with van der Waals surface area (Å²) in [6.07, 6.45) is 0.179. The molecule has 3 aromatic carbocycles. The Bertz CT molecular complexity index is 1120. The number of hydrogen-bond acceptors (Lipinski definition) is 3. The van der Waals surface area contributed by atoms with E-state index < -0.39 is 28.0 Å². The van der Waals surface area contributed by atoms with Crippen LogP contribution in [0.2, 0.25) is 0 Å². The Morgan fingerprint density at radius 3 is 2.19 bits per heavy atom. The molecule has 0 fully saturated rings. The molecular weight excluding hydrogens is 483 g/mol. The Kier molecular flexibility index (Phi) is 7.59. The monoisotopic (exact) mass is 504 g/mol. The second-order valence-electron chi connectivity index (χ2n) is 7.10. The first-order chi connectivity index (χ1) is 14.7. The summed E-state index contributed by atoms with van der Waals surface area (Å²) in [7, 11) is -3.93. The predicted octanol–water partition coefficient (Wildman–Crippen LogP) is 4.36. The Morgan fingerprint density at radius 1 is 0.968 bits per heavy atom. The Morgan fingerprint density at radius 2 is 1.58 bits per heavy atom. The summed E-state index contributed by atoms with van der Waals surface area (Å²) in [5.41, 5.74) is 1.53. The second kappa shape index (κ2) is 10.2. The van der Waals surface area contributed by atoms with Crippen LogP contribution in [0.3, 0.4) is 0 Å². The fourth-order valence-corrected chi connectivity index (χ4v) is 4.52. The van der Waals surface area contributed by atoms with Gasteiger partial charge in [-0.05, 0) is 60.9 Å². The van der Waals surface area contributed by atoms with Crippen molar-refractivity contribution in [1.82, 2.24) is 10.0 Å². The van der Waals surface area contributed by atoms with E-state index in [2.05, 4.69) is 26.0 Å². The summed E-state index contributed by atoms with van der Waals surface area (Å²) in [4.78, 5) is 13.1. The molecule has 31 heavy (non-hydrogen) atoms. The van der Waals surface area contributed by atoms with Crippen molar-refractivity contribution in [2.24, 2.45) is 0 Å². The Hall–Kier alpha value is -2.55. The normalized spacial score (nSPS) is 13.4. The highest BCUT2D eigenvalue weighted by molar-refractivity contribution is 9.10. The molecule has 5 nitrogen and oxygen atoms in total. The highest BCUT2D eigenvalue weighted by atomic mass is 79.9. The van der Waals surface area contributed by atoms with Crippen molar-refractivity contribution in [2.45, 2.75) is 30.3 Å². The van der Waals surface area contributed by atoms with E-state index in [-0.39, 0.29) is 17.1 Å². The van der Waals surface area contributed by atoms with Crippen molar-refractivity contribution in [1.29, 1.82) is 0 Å². The average molecular weight is 505 g/mol. The lowest BCUT2D eigenvalue weighted by atomic mass is 10.0. The highest BCUT2D eigenvalue weighted by Crippen LogP contribution is 2.17. The Balaban J connectivity index is 1.82. The number of halogens is 2. The molecule has 2 N–H and O–H groups in total. The molecule has 162 valence electrons. The van der Waals surface area contributed by atoms with Crippen LogP contribution in [0.1, 0.15) is 24.1 Å². The van der Waals surface area contributed by atoms with E-state index in [9.17, 15) is 17.6 Å². The van der Waals surface area contributed by atoms with Gasteiger partial charge in [-0.3, -0.25) is 4.79 Å². The van der Waals surface area contributed by atoms with Crippen LogP contribution in [0.4, 0.5) is 4.39 Å². The second-order valence-corrected chi connectivity index (χ2v) is 9.73. The minimum Gasteiger partial charge on any atom is -0.348 e. The average Bonchev–Trinajstić information content (AvgIpc) is 2.74. The molecule has 0 spiro atoms. The molecule has 3 aromatic rings. The third-order valence-corrected chi connectivity index (χ3v) is 6.77. The zero-order chi connectivity index (χ0) is 22.4. The van der Waals surface area contributed by atoms with Crippen molar-refractivity contribution < 1.29 is 17.6 Å². The van der Waals surface area contributed by atoms with Crippen molar-refractivity contribution in [2.75, 3.05) is 0 Å². The van der Waals surface area contributed by atoms with E-state index in [0.29, 0.717) is 5.56 Å². The summed E-state index contributed by atoms with van der Waals surface area (Å²) in [6, 6.07) is 19.7. The first-order valence-corrected chi connectivity index (χ1v) is 11.9. The Labute approximate surface area is 189 Å². The summed E-state index contributed by atoms with van der Waals surface area (Å²) < 4.78 is 42.3. The number of carbonyl (C=O) groups is 1. The maximum absolute atomic E-state index is 13.2. The number of rotatable bonds is 8. The number of benzene rings is 3. The van der Waals surface area contributed by atoms with Gasteiger partial charge in [-0.15, -0.1) is 0 Å². The number of amides is 1. The van der Waals surface area contributed by atoms with Crippen LogP contribution in [0.5, 0.6) is 0 Å². The van der Waals surface area contributed by atoms with Crippen LogP contribution < -0.4 is 10.0 Å². The minimum atomic E-state index is -3.93. The lowest BCUT2D eigenvalue weighted by Crippen LogP contribution is -2.48. The van der Waals surface area contributed by atoms with Crippen LogP contribution in [0.15, 0.2) is 88.2 Å². The number of hydrogen-bond donors (Lipinski definition) is 2. The molecule has 0 aromatic heterocycles. The predicted molar refractivity (Wildman–Crippen MR) is 121 cm³/mol. The van der Waals surface area contributed by atoms with Crippen LogP contribution in [-0.2, 0) is 21.2 Å². The molecule has 0 unspecified atom stereocenters. The van der Waals surface area contributed by atoms with Crippen molar-refractivity contribution in [3.05, 3.63) is 100 Å². The molecular formula is C23H22BrFN2O3S. The molecule has 0 aliphatic carbocycles. The maximum atomic E-state index is 13.2. The molecule has 0 bridgehead atoms. The van der Waals surface area contributed by atoms with Crippen molar-refractivity contribution >= 4 is 31.9 Å². The fourth-order valence-electron chi connectivity index (χ4n) is 3.06. The standard InChI is InChI=1S/C23H22BrFN2O3S/c1-16(18-7-11-20(25)12-8-18)26-23(28)22(15-17-5-3-2-4-6-17)27-31(29,30)21-13-9-19(24)10-14-21/h2-14,16,22,27H,15H2,1H3,(H,26,28)/t16-,22-/m1/s1. The fraction of sp³-hybridized carbons (Fsp3) is 0.174. The van der Waals surface area contributed by atoms with E-state index in [1.54, 1.807) is 31.2 Å². The largest absolute Gasteiger partial charge is 0.348 e. The summed E-state index contributed by atoms with van der Waals surface area (Å²) in [6.45, 7) is 1.76. The van der Waals surface area contributed by atoms with Gasteiger partial charge in [-0.2, -0.15) is 4.72 Å². The van der Waals surface area contributed by atoms with Crippen LogP contribution in [-0.4, -0.2) is 20.4 Å². The van der Waals surface area contributed by atoms with Gasteiger partial charge in [0, 0.05) is 4.47 Å². The summed E-state index contributed by atoms with van der Waals surface area (Å²) >= 11 is 3.28. The number of sulfonamides is 1. The summed E-state index contributed by atoms with van der Waals surface area (Å²) in [5.74, 6) is -0.840. The third kappa shape index (κ3) is 6.46. The molecule has 0 heterocycles. The van der Waals surface area contributed by atoms with E-state index >= 15 is 0 Å². The van der Waals surface area contributed by atoms with Crippen molar-refractivity contribution in [3.8, 4) is 0 Å². The smallest absolute Gasteiger partial charge is 0.241 e. The van der Waals surface area contributed by atoms with Gasteiger partial charge in [-0.1, -0.05) is 58.4 Å². The number of carbonyl (C=O) groups excluding carboxylic acids is 1.